The molecule has 1 saturated heterocycles. The summed E-state index contributed by atoms with van der Waals surface area (Å²) in [5.41, 5.74) is 3.19. The molecule has 0 bridgehead atoms. The van der Waals surface area contributed by atoms with Crippen molar-refractivity contribution < 1.29 is 22.7 Å². The van der Waals surface area contributed by atoms with Crippen LogP contribution < -0.4 is 14.7 Å². The van der Waals surface area contributed by atoms with Gasteiger partial charge in [-0.05, 0) is 42.8 Å². The molecule has 0 radical (unpaired) electrons. The first-order chi connectivity index (χ1) is 19.4. The minimum absolute atomic E-state index is 0.0911. The van der Waals surface area contributed by atoms with Crippen molar-refractivity contribution in [2.24, 2.45) is 0 Å². The molecule has 6 rings (SSSR count). The van der Waals surface area contributed by atoms with Crippen LogP contribution >= 0.6 is 0 Å². The van der Waals surface area contributed by atoms with Crippen molar-refractivity contribution in [3.05, 3.63) is 84.7 Å². The number of anilines is 5. The molecule has 0 atom stereocenters. The van der Waals surface area contributed by atoms with E-state index in [0.29, 0.717) is 61.4 Å². The predicted molar refractivity (Wildman–Crippen MR) is 145 cm³/mol. The maximum atomic E-state index is 13.7. The van der Waals surface area contributed by atoms with Crippen LogP contribution in [0.25, 0.3) is 11.3 Å². The number of para-hydroxylation sites is 1. The van der Waals surface area contributed by atoms with Gasteiger partial charge in [0.05, 0.1) is 30.8 Å². The van der Waals surface area contributed by atoms with Crippen LogP contribution in [0.4, 0.5) is 42.0 Å². The van der Waals surface area contributed by atoms with Gasteiger partial charge >= 0.3 is 12.1 Å². The molecular weight excluding hydrogens is 521 g/mol. The Bertz CT molecular complexity index is 1510. The number of nitrogens with zero attached hydrogens (tertiary/aromatic N) is 6. The molecule has 0 aliphatic carbocycles. The Labute approximate surface area is 228 Å². The smallest absolute Gasteiger partial charge is 0.378 e. The summed E-state index contributed by atoms with van der Waals surface area (Å²) in [6, 6.07) is 18.1. The molecule has 8 nitrogen and oxygen atoms in total. The second kappa shape index (κ2) is 10.6. The maximum absolute atomic E-state index is 13.7. The SMILES string of the molecule is O=C(N(c1ccccc1)c1cccc(-c2nc(N3CCOCC3)nc3c2CCN3c2cccnc2)c1)C(F)(F)F. The van der Waals surface area contributed by atoms with E-state index < -0.39 is 12.1 Å². The van der Waals surface area contributed by atoms with Crippen molar-refractivity contribution in [1.82, 2.24) is 15.0 Å². The summed E-state index contributed by atoms with van der Waals surface area (Å²) < 4.78 is 46.6. The molecule has 4 aromatic rings. The number of ether oxygens (including phenoxy) is 1. The number of fused-ring (bicyclic) bond motifs is 1. The van der Waals surface area contributed by atoms with E-state index >= 15 is 0 Å². The standard InChI is InChI=1S/C29H25F3N6O2/c30-29(31,32)27(39)38(21-7-2-1-3-8-21)22-9-4-6-20(18-22)25-24-11-13-37(23-10-5-12-33-19-23)26(24)35-28(34-25)36-14-16-40-17-15-36/h1-10,12,18-19H,11,13-17H2. The fourth-order valence-corrected chi connectivity index (χ4v) is 5.03. The fraction of sp³-hybridized carbons (Fsp3) is 0.241. The number of benzene rings is 2. The second-order valence-electron chi connectivity index (χ2n) is 9.41. The molecule has 2 aromatic heterocycles. The number of rotatable bonds is 5. The van der Waals surface area contributed by atoms with Crippen LogP contribution in [-0.4, -0.2) is 59.9 Å². The number of alkyl halides is 3. The lowest BCUT2D eigenvalue weighted by atomic mass is 10.0. The number of carbonyl (C=O) groups is 1. The quantitative estimate of drug-likeness (QED) is 0.337. The molecule has 40 heavy (non-hydrogen) atoms. The molecule has 0 saturated carbocycles. The number of hydrogen-bond acceptors (Lipinski definition) is 7. The first-order valence-electron chi connectivity index (χ1n) is 12.9. The Hall–Kier alpha value is -4.51. The third kappa shape index (κ3) is 4.95. The van der Waals surface area contributed by atoms with Gasteiger partial charge in [-0.2, -0.15) is 18.2 Å². The monoisotopic (exact) mass is 546 g/mol. The van der Waals surface area contributed by atoms with Crippen LogP contribution in [0.5, 0.6) is 0 Å². The average Bonchev–Trinajstić information content (AvgIpc) is 3.42. The van der Waals surface area contributed by atoms with Crippen molar-refractivity contribution in [3.63, 3.8) is 0 Å². The van der Waals surface area contributed by atoms with E-state index in [4.69, 9.17) is 14.7 Å². The zero-order chi connectivity index (χ0) is 27.7. The first kappa shape index (κ1) is 25.8. The average molecular weight is 547 g/mol. The highest BCUT2D eigenvalue weighted by molar-refractivity contribution is 6.04. The summed E-state index contributed by atoms with van der Waals surface area (Å²) in [4.78, 5) is 31.5. The zero-order valence-electron chi connectivity index (χ0n) is 21.4. The largest absolute Gasteiger partial charge is 0.472 e. The Morgan fingerprint density at radius 2 is 1.68 bits per heavy atom. The Morgan fingerprint density at radius 3 is 2.40 bits per heavy atom. The zero-order valence-corrected chi connectivity index (χ0v) is 21.4. The van der Waals surface area contributed by atoms with Gasteiger partial charge in [-0.15, -0.1) is 0 Å². The lowest BCUT2D eigenvalue weighted by Gasteiger charge is -2.28. The molecule has 0 unspecified atom stereocenters. The van der Waals surface area contributed by atoms with Gasteiger partial charge in [0, 0.05) is 48.3 Å². The lowest BCUT2D eigenvalue weighted by Crippen LogP contribution is -2.38. The van der Waals surface area contributed by atoms with E-state index in [1.807, 2.05) is 17.0 Å². The van der Waals surface area contributed by atoms with Gasteiger partial charge in [0.1, 0.15) is 5.82 Å². The van der Waals surface area contributed by atoms with Crippen LogP contribution in [0.1, 0.15) is 5.56 Å². The van der Waals surface area contributed by atoms with Gasteiger partial charge in [0.15, 0.2) is 0 Å². The van der Waals surface area contributed by atoms with E-state index in [-0.39, 0.29) is 11.4 Å². The molecule has 2 aromatic carbocycles. The Balaban J connectivity index is 1.48. The number of amides is 1. The molecule has 11 heteroatoms. The third-order valence-corrected chi connectivity index (χ3v) is 6.90. The van der Waals surface area contributed by atoms with Gasteiger partial charge in [-0.3, -0.25) is 14.7 Å². The van der Waals surface area contributed by atoms with E-state index in [2.05, 4.69) is 9.88 Å². The second-order valence-corrected chi connectivity index (χ2v) is 9.41. The predicted octanol–water partition coefficient (Wildman–Crippen LogP) is 5.30. The molecule has 1 fully saturated rings. The molecule has 0 spiro atoms. The molecule has 1 amide bonds. The number of halogens is 3. The first-order valence-corrected chi connectivity index (χ1v) is 12.9. The molecular formula is C29H25F3N6O2. The minimum Gasteiger partial charge on any atom is -0.378 e. The van der Waals surface area contributed by atoms with Crippen LogP contribution in [0, 0.1) is 0 Å². The van der Waals surface area contributed by atoms with Gasteiger partial charge in [0.2, 0.25) is 5.95 Å². The summed E-state index contributed by atoms with van der Waals surface area (Å²) in [5.74, 6) is -0.721. The lowest BCUT2D eigenvalue weighted by molar-refractivity contribution is -0.169. The van der Waals surface area contributed by atoms with Crippen molar-refractivity contribution >= 4 is 34.7 Å². The maximum Gasteiger partial charge on any atom is 0.472 e. The number of carbonyl (C=O) groups excluding carboxylic acids is 1. The van der Waals surface area contributed by atoms with Crippen molar-refractivity contribution in [1.29, 1.82) is 0 Å². The van der Waals surface area contributed by atoms with Crippen LogP contribution in [0.3, 0.4) is 0 Å². The number of aromatic nitrogens is 3. The highest BCUT2D eigenvalue weighted by atomic mass is 19.4. The Morgan fingerprint density at radius 1 is 0.900 bits per heavy atom. The molecule has 2 aliphatic rings. The summed E-state index contributed by atoms with van der Waals surface area (Å²) >= 11 is 0. The van der Waals surface area contributed by atoms with E-state index in [9.17, 15) is 18.0 Å². The van der Waals surface area contributed by atoms with Crippen LogP contribution in [-0.2, 0) is 16.0 Å². The summed E-state index contributed by atoms with van der Waals surface area (Å²) in [7, 11) is 0. The number of pyridine rings is 1. The van der Waals surface area contributed by atoms with Crippen molar-refractivity contribution in [3.8, 4) is 11.3 Å². The minimum atomic E-state index is -5.06. The van der Waals surface area contributed by atoms with Crippen LogP contribution in [0.15, 0.2) is 79.1 Å². The fourth-order valence-electron chi connectivity index (χ4n) is 5.03. The van der Waals surface area contributed by atoms with Crippen molar-refractivity contribution in [2.45, 2.75) is 12.6 Å². The Kier molecular flexibility index (Phi) is 6.81. The summed E-state index contributed by atoms with van der Waals surface area (Å²) in [6.07, 6.45) is -0.948. The summed E-state index contributed by atoms with van der Waals surface area (Å²) in [6.45, 7) is 2.98. The van der Waals surface area contributed by atoms with Gasteiger partial charge in [-0.1, -0.05) is 30.3 Å². The highest BCUT2D eigenvalue weighted by Crippen LogP contribution is 2.40. The summed E-state index contributed by atoms with van der Waals surface area (Å²) in [5, 5.41) is 0. The van der Waals surface area contributed by atoms with Crippen LogP contribution in [0.2, 0.25) is 0 Å². The molecule has 0 N–H and O–H groups in total. The van der Waals surface area contributed by atoms with Gasteiger partial charge in [0.25, 0.3) is 0 Å². The van der Waals surface area contributed by atoms with E-state index in [1.165, 1.54) is 18.2 Å². The number of hydrogen-bond donors (Lipinski definition) is 0. The molecule has 4 heterocycles. The van der Waals surface area contributed by atoms with E-state index in [0.717, 1.165) is 17.1 Å². The highest BCUT2D eigenvalue weighted by Gasteiger charge is 2.44. The topological polar surface area (TPSA) is 74.7 Å². The number of morpholine rings is 1. The van der Waals surface area contributed by atoms with E-state index in [1.54, 1.807) is 48.8 Å². The molecule has 2 aliphatic heterocycles. The normalized spacial score (nSPS) is 15.2. The molecule has 204 valence electrons. The van der Waals surface area contributed by atoms with Crippen molar-refractivity contribution in [2.75, 3.05) is 47.5 Å². The van der Waals surface area contributed by atoms with Gasteiger partial charge in [-0.25, -0.2) is 4.98 Å². The van der Waals surface area contributed by atoms with Gasteiger partial charge < -0.3 is 14.5 Å². The third-order valence-electron chi connectivity index (χ3n) is 6.90.